The molecule has 3 rings (SSSR count). The molecule has 1 unspecified atom stereocenters. The molecule has 5 heteroatoms. The first-order chi connectivity index (χ1) is 10.5. The normalized spacial score (nSPS) is 16.0. The van der Waals surface area contributed by atoms with E-state index in [1.807, 2.05) is 36.4 Å². The smallest absolute Gasteiger partial charge is 0.217 e. The van der Waals surface area contributed by atoms with Crippen molar-refractivity contribution in [3.8, 4) is 16.9 Å². The maximum atomic E-state index is 11.1. The Morgan fingerprint density at radius 3 is 2.77 bits per heavy atom. The van der Waals surface area contributed by atoms with Crippen LogP contribution in [-0.4, -0.2) is 18.6 Å². The highest BCUT2D eigenvalue weighted by molar-refractivity contribution is 6.34. The first kappa shape index (κ1) is 15.2. The van der Waals surface area contributed by atoms with E-state index in [0.29, 0.717) is 23.0 Å². The fraction of sp³-hybridized carbons (Fsp3) is 0.235. The molecular weight excluding hydrogens is 321 g/mol. The van der Waals surface area contributed by atoms with E-state index in [2.05, 4.69) is 5.32 Å². The topological polar surface area (TPSA) is 38.3 Å². The molecule has 1 amide bonds. The molecule has 1 aliphatic heterocycles. The second kappa shape index (κ2) is 6.19. The summed E-state index contributed by atoms with van der Waals surface area (Å²) >= 11 is 12.5. The zero-order valence-electron chi connectivity index (χ0n) is 12.0. The van der Waals surface area contributed by atoms with Gasteiger partial charge in [0.25, 0.3) is 0 Å². The molecule has 0 aromatic heterocycles. The fourth-order valence-corrected chi connectivity index (χ4v) is 3.12. The maximum absolute atomic E-state index is 11.1. The van der Waals surface area contributed by atoms with Gasteiger partial charge in [-0.3, -0.25) is 4.79 Å². The fourth-order valence-electron chi connectivity index (χ4n) is 2.65. The van der Waals surface area contributed by atoms with Crippen LogP contribution in [0.2, 0.25) is 10.0 Å². The van der Waals surface area contributed by atoms with Crippen molar-refractivity contribution in [1.29, 1.82) is 0 Å². The van der Waals surface area contributed by atoms with Crippen LogP contribution in [-0.2, 0) is 11.2 Å². The molecule has 0 bridgehead atoms. The summed E-state index contributed by atoms with van der Waals surface area (Å²) in [5.41, 5.74) is 2.82. The molecule has 0 fully saturated rings. The summed E-state index contributed by atoms with van der Waals surface area (Å²) in [6.07, 6.45) is 0.631. The lowest BCUT2D eigenvalue weighted by Gasteiger charge is -2.14. The van der Waals surface area contributed by atoms with Crippen LogP contribution in [0.4, 0.5) is 0 Å². The van der Waals surface area contributed by atoms with Gasteiger partial charge in [0.05, 0.1) is 6.54 Å². The third kappa shape index (κ3) is 3.06. The minimum Gasteiger partial charge on any atom is -0.487 e. The van der Waals surface area contributed by atoms with Crippen LogP contribution in [0.3, 0.4) is 0 Å². The number of amides is 1. The summed E-state index contributed by atoms with van der Waals surface area (Å²) in [7, 11) is 0. The number of hydrogen-bond acceptors (Lipinski definition) is 2. The number of rotatable bonds is 3. The monoisotopic (exact) mass is 335 g/mol. The van der Waals surface area contributed by atoms with Gasteiger partial charge in [-0.05, 0) is 18.2 Å². The number of fused-ring (bicyclic) bond motifs is 1. The van der Waals surface area contributed by atoms with Crippen LogP contribution >= 0.6 is 23.2 Å². The Labute approximate surface area is 139 Å². The van der Waals surface area contributed by atoms with Crippen LogP contribution in [0.15, 0.2) is 36.4 Å². The van der Waals surface area contributed by atoms with Crippen LogP contribution in [0.1, 0.15) is 12.5 Å². The van der Waals surface area contributed by atoms with E-state index in [1.54, 1.807) is 0 Å². The summed E-state index contributed by atoms with van der Waals surface area (Å²) in [6.45, 7) is 1.97. The Morgan fingerprint density at radius 1 is 1.27 bits per heavy atom. The van der Waals surface area contributed by atoms with E-state index < -0.39 is 0 Å². The van der Waals surface area contributed by atoms with Crippen LogP contribution in [0, 0.1) is 0 Å². The molecule has 0 saturated carbocycles. The summed E-state index contributed by atoms with van der Waals surface area (Å²) in [4.78, 5) is 11.1. The van der Waals surface area contributed by atoms with Crippen molar-refractivity contribution in [3.05, 3.63) is 52.0 Å². The zero-order valence-corrected chi connectivity index (χ0v) is 13.5. The number of hydrogen-bond donors (Lipinski definition) is 1. The van der Waals surface area contributed by atoms with Crippen molar-refractivity contribution >= 4 is 29.1 Å². The van der Waals surface area contributed by atoms with Gasteiger partial charge >= 0.3 is 0 Å². The molecule has 0 aliphatic carbocycles. The molecule has 0 saturated heterocycles. The zero-order chi connectivity index (χ0) is 15.7. The highest BCUT2D eigenvalue weighted by atomic mass is 35.5. The second-order valence-electron chi connectivity index (χ2n) is 5.30. The molecule has 1 atom stereocenters. The van der Waals surface area contributed by atoms with Crippen molar-refractivity contribution in [3.63, 3.8) is 0 Å². The number of carbonyl (C=O) groups excluding carboxylic acids is 1. The second-order valence-corrected chi connectivity index (χ2v) is 6.15. The SMILES string of the molecule is CC(=O)NCC1Cc2cc(Cl)cc(-c3ccccc3Cl)c2O1. The van der Waals surface area contributed by atoms with Crippen LogP contribution < -0.4 is 10.1 Å². The number of nitrogens with one attached hydrogen (secondary N) is 1. The Bertz CT molecular complexity index is 731. The van der Waals surface area contributed by atoms with Gasteiger partial charge in [-0.2, -0.15) is 0 Å². The lowest BCUT2D eigenvalue weighted by atomic mass is 10.0. The minimum atomic E-state index is -0.0846. The van der Waals surface area contributed by atoms with E-state index in [4.69, 9.17) is 27.9 Å². The van der Waals surface area contributed by atoms with Gasteiger partial charge in [0, 0.05) is 40.1 Å². The number of carbonyl (C=O) groups is 1. The third-order valence-corrected chi connectivity index (χ3v) is 4.15. The van der Waals surface area contributed by atoms with E-state index in [0.717, 1.165) is 22.4 Å². The van der Waals surface area contributed by atoms with Gasteiger partial charge in [0.2, 0.25) is 5.91 Å². The van der Waals surface area contributed by atoms with Crippen molar-refractivity contribution in [2.45, 2.75) is 19.4 Å². The summed E-state index contributed by atoms with van der Waals surface area (Å²) in [5, 5.41) is 4.09. The molecule has 1 aliphatic rings. The predicted octanol–water partition coefficient (Wildman–Crippen LogP) is 4.10. The average molecular weight is 336 g/mol. The minimum absolute atomic E-state index is 0.0658. The molecule has 3 nitrogen and oxygen atoms in total. The highest BCUT2D eigenvalue weighted by Gasteiger charge is 2.27. The van der Waals surface area contributed by atoms with E-state index in [1.165, 1.54) is 6.92 Å². The van der Waals surface area contributed by atoms with Gasteiger partial charge in [-0.25, -0.2) is 0 Å². The van der Waals surface area contributed by atoms with Gasteiger partial charge in [-0.15, -0.1) is 0 Å². The Hall–Kier alpha value is -1.71. The number of ether oxygens (including phenoxy) is 1. The first-order valence-electron chi connectivity index (χ1n) is 7.03. The lowest BCUT2D eigenvalue weighted by Crippen LogP contribution is -2.32. The highest BCUT2D eigenvalue weighted by Crippen LogP contribution is 2.43. The molecule has 2 aromatic rings. The van der Waals surface area contributed by atoms with Gasteiger partial charge in [0.1, 0.15) is 11.9 Å². The third-order valence-electron chi connectivity index (χ3n) is 3.61. The molecule has 0 spiro atoms. The van der Waals surface area contributed by atoms with Crippen molar-refractivity contribution in [2.75, 3.05) is 6.54 Å². The Morgan fingerprint density at radius 2 is 2.05 bits per heavy atom. The molecule has 2 aromatic carbocycles. The number of benzene rings is 2. The predicted molar refractivity (Wildman–Crippen MR) is 88.7 cm³/mol. The molecular formula is C17H15Cl2NO2. The molecule has 22 heavy (non-hydrogen) atoms. The maximum Gasteiger partial charge on any atom is 0.217 e. The van der Waals surface area contributed by atoms with Gasteiger partial charge < -0.3 is 10.1 Å². The molecule has 1 N–H and O–H groups in total. The van der Waals surface area contributed by atoms with Crippen molar-refractivity contribution < 1.29 is 9.53 Å². The average Bonchev–Trinajstić information content (AvgIpc) is 2.87. The van der Waals surface area contributed by atoms with E-state index in [9.17, 15) is 4.79 Å². The number of halogens is 2. The van der Waals surface area contributed by atoms with Gasteiger partial charge in [-0.1, -0.05) is 41.4 Å². The summed E-state index contributed by atoms with van der Waals surface area (Å²) in [5.74, 6) is 0.733. The van der Waals surface area contributed by atoms with Crippen molar-refractivity contribution in [2.24, 2.45) is 0 Å². The lowest BCUT2D eigenvalue weighted by molar-refractivity contribution is -0.119. The quantitative estimate of drug-likeness (QED) is 0.916. The van der Waals surface area contributed by atoms with Gasteiger partial charge in [0.15, 0.2) is 0 Å². The van der Waals surface area contributed by atoms with Crippen molar-refractivity contribution in [1.82, 2.24) is 5.32 Å². The standard InChI is InChI=1S/C17H15Cl2NO2/c1-10(21)20-9-13-7-11-6-12(18)8-15(17(11)22-13)14-4-2-3-5-16(14)19/h2-6,8,13H,7,9H2,1H3,(H,20,21). The van der Waals surface area contributed by atoms with Crippen LogP contribution in [0.5, 0.6) is 5.75 Å². The Kier molecular flexibility index (Phi) is 4.27. The van der Waals surface area contributed by atoms with Crippen LogP contribution in [0.25, 0.3) is 11.1 Å². The first-order valence-corrected chi connectivity index (χ1v) is 7.78. The Balaban J connectivity index is 1.96. The molecule has 114 valence electrons. The van der Waals surface area contributed by atoms with E-state index in [-0.39, 0.29) is 12.0 Å². The van der Waals surface area contributed by atoms with E-state index >= 15 is 0 Å². The summed E-state index contributed by atoms with van der Waals surface area (Å²) < 4.78 is 6.02. The molecule has 0 radical (unpaired) electrons. The summed E-state index contributed by atoms with van der Waals surface area (Å²) in [6, 6.07) is 11.4. The largest absolute Gasteiger partial charge is 0.487 e. The molecule has 1 heterocycles.